The molecule has 0 radical (unpaired) electrons. The first-order valence-corrected chi connectivity index (χ1v) is 8.78. The average molecular weight is 354 g/mol. The quantitative estimate of drug-likeness (QED) is 0.776. The normalized spacial score (nSPS) is 15.5. The summed E-state index contributed by atoms with van der Waals surface area (Å²) in [4.78, 5) is 13.6. The maximum absolute atomic E-state index is 6.07. The third-order valence-electron chi connectivity index (χ3n) is 4.56. The van der Waals surface area contributed by atoms with Crippen LogP contribution >= 0.6 is 11.6 Å². The Kier molecular flexibility index (Phi) is 4.42. The minimum absolute atomic E-state index is 0.693. The van der Waals surface area contributed by atoms with E-state index in [1.54, 1.807) is 6.20 Å². The summed E-state index contributed by atoms with van der Waals surface area (Å²) in [6.45, 7) is 4.14. The van der Waals surface area contributed by atoms with Crippen LogP contribution in [0.2, 0.25) is 5.02 Å². The zero-order valence-corrected chi connectivity index (χ0v) is 14.9. The van der Waals surface area contributed by atoms with Crippen LogP contribution in [0, 0.1) is 0 Å². The highest BCUT2D eigenvalue weighted by Crippen LogP contribution is 2.28. The molecular formula is C19H20ClN5. The lowest BCUT2D eigenvalue weighted by atomic mass is 10.2. The Labute approximate surface area is 152 Å². The molecule has 4 rings (SSSR count). The first-order valence-electron chi connectivity index (χ1n) is 8.40. The van der Waals surface area contributed by atoms with Gasteiger partial charge in [-0.3, -0.25) is 4.98 Å². The van der Waals surface area contributed by atoms with Crippen molar-refractivity contribution in [2.24, 2.45) is 0 Å². The van der Waals surface area contributed by atoms with Gasteiger partial charge in [-0.1, -0.05) is 11.6 Å². The average Bonchev–Trinajstić information content (AvgIpc) is 2.62. The SMILES string of the molecule is CN1CCN(c2cc(Nc3ccnc4cc(Cl)ccc34)ccn2)CC1. The lowest BCUT2D eigenvalue weighted by Crippen LogP contribution is -2.44. The van der Waals surface area contributed by atoms with Gasteiger partial charge in [0.2, 0.25) is 0 Å². The molecule has 2 aromatic heterocycles. The third-order valence-corrected chi connectivity index (χ3v) is 4.79. The molecule has 1 aromatic carbocycles. The van der Waals surface area contributed by atoms with Crippen molar-refractivity contribution in [3.05, 3.63) is 53.8 Å². The maximum Gasteiger partial charge on any atom is 0.130 e. The lowest BCUT2D eigenvalue weighted by Gasteiger charge is -2.33. The smallest absolute Gasteiger partial charge is 0.130 e. The number of rotatable bonds is 3. The van der Waals surface area contributed by atoms with Crippen LogP contribution in [-0.4, -0.2) is 48.1 Å². The van der Waals surface area contributed by atoms with Crippen LogP contribution in [0.25, 0.3) is 10.9 Å². The van der Waals surface area contributed by atoms with Crippen molar-refractivity contribution in [2.75, 3.05) is 43.4 Å². The van der Waals surface area contributed by atoms with E-state index in [2.05, 4.69) is 38.2 Å². The molecule has 1 aliphatic rings. The van der Waals surface area contributed by atoms with Crippen LogP contribution in [0.5, 0.6) is 0 Å². The molecule has 6 heteroatoms. The van der Waals surface area contributed by atoms with E-state index in [-0.39, 0.29) is 0 Å². The molecule has 0 spiro atoms. The van der Waals surface area contributed by atoms with E-state index in [1.165, 1.54) is 0 Å². The summed E-state index contributed by atoms with van der Waals surface area (Å²) < 4.78 is 0. The Balaban J connectivity index is 1.60. The number of nitrogens with zero attached hydrogens (tertiary/aromatic N) is 4. The highest BCUT2D eigenvalue weighted by Gasteiger charge is 2.15. The predicted molar refractivity (Wildman–Crippen MR) is 104 cm³/mol. The van der Waals surface area contributed by atoms with Gasteiger partial charge >= 0.3 is 0 Å². The standard InChI is InChI=1S/C19H20ClN5/c1-24-8-10-25(11-9-24)19-13-15(4-6-22-19)23-17-5-7-21-18-12-14(20)2-3-16(17)18/h2-7,12-13H,8-11H2,1H3,(H,21,22,23). The number of aromatic nitrogens is 2. The molecule has 0 amide bonds. The monoisotopic (exact) mass is 353 g/mol. The fourth-order valence-electron chi connectivity index (χ4n) is 3.09. The molecule has 25 heavy (non-hydrogen) atoms. The van der Waals surface area contributed by atoms with E-state index in [1.807, 2.05) is 36.5 Å². The molecule has 0 saturated carbocycles. The molecule has 5 nitrogen and oxygen atoms in total. The van der Waals surface area contributed by atoms with Gasteiger partial charge in [0.1, 0.15) is 5.82 Å². The lowest BCUT2D eigenvalue weighted by molar-refractivity contribution is 0.312. The van der Waals surface area contributed by atoms with Crippen molar-refractivity contribution >= 4 is 39.7 Å². The van der Waals surface area contributed by atoms with Gasteiger partial charge in [-0.05, 0) is 37.4 Å². The second kappa shape index (κ2) is 6.86. The number of piperazine rings is 1. The summed E-state index contributed by atoms with van der Waals surface area (Å²) in [5, 5.41) is 5.23. The second-order valence-electron chi connectivity index (χ2n) is 6.34. The van der Waals surface area contributed by atoms with Gasteiger partial charge in [0, 0.05) is 66.4 Å². The fourth-order valence-corrected chi connectivity index (χ4v) is 3.26. The number of halogens is 1. The highest BCUT2D eigenvalue weighted by atomic mass is 35.5. The molecular weight excluding hydrogens is 334 g/mol. The Morgan fingerprint density at radius 3 is 2.60 bits per heavy atom. The molecule has 1 N–H and O–H groups in total. The van der Waals surface area contributed by atoms with Crippen LogP contribution in [0.1, 0.15) is 0 Å². The molecule has 1 fully saturated rings. The molecule has 1 saturated heterocycles. The second-order valence-corrected chi connectivity index (χ2v) is 6.77. The van der Waals surface area contributed by atoms with Crippen LogP contribution in [0.3, 0.4) is 0 Å². The fraction of sp³-hybridized carbons (Fsp3) is 0.263. The van der Waals surface area contributed by atoms with Crippen LogP contribution in [0.15, 0.2) is 48.8 Å². The van der Waals surface area contributed by atoms with Crippen molar-refractivity contribution in [3.63, 3.8) is 0 Å². The molecule has 0 unspecified atom stereocenters. The van der Waals surface area contributed by atoms with Gasteiger partial charge in [-0.15, -0.1) is 0 Å². The van der Waals surface area contributed by atoms with Gasteiger partial charge in [0.15, 0.2) is 0 Å². The highest BCUT2D eigenvalue weighted by molar-refractivity contribution is 6.31. The summed E-state index contributed by atoms with van der Waals surface area (Å²) in [6.07, 6.45) is 3.65. The van der Waals surface area contributed by atoms with Gasteiger partial charge < -0.3 is 15.1 Å². The van der Waals surface area contributed by atoms with E-state index in [9.17, 15) is 0 Å². The molecule has 0 atom stereocenters. The Morgan fingerprint density at radius 1 is 0.960 bits per heavy atom. The minimum atomic E-state index is 0.693. The zero-order chi connectivity index (χ0) is 17.2. The summed E-state index contributed by atoms with van der Waals surface area (Å²) in [6, 6.07) is 11.8. The number of fused-ring (bicyclic) bond motifs is 1. The number of nitrogens with one attached hydrogen (secondary N) is 1. The number of hydrogen-bond donors (Lipinski definition) is 1. The van der Waals surface area contributed by atoms with Gasteiger partial charge in [0.05, 0.1) is 5.52 Å². The number of benzene rings is 1. The topological polar surface area (TPSA) is 44.3 Å². The molecule has 0 aliphatic carbocycles. The Hall–Kier alpha value is -2.37. The summed E-state index contributed by atoms with van der Waals surface area (Å²) in [5.41, 5.74) is 2.91. The van der Waals surface area contributed by atoms with Gasteiger partial charge in [-0.2, -0.15) is 0 Å². The van der Waals surface area contributed by atoms with Crippen molar-refractivity contribution < 1.29 is 0 Å². The maximum atomic E-state index is 6.07. The van der Waals surface area contributed by atoms with Crippen LogP contribution < -0.4 is 10.2 Å². The third kappa shape index (κ3) is 3.52. The molecule has 128 valence electrons. The largest absolute Gasteiger partial charge is 0.355 e. The Bertz CT molecular complexity index is 890. The predicted octanol–water partition coefficient (Wildman–Crippen LogP) is 3.78. The van der Waals surface area contributed by atoms with Crippen molar-refractivity contribution in [1.82, 2.24) is 14.9 Å². The van der Waals surface area contributed by atoms with Crippen LogP contribution in [-0.2, 0) is 0 Å². The van der Waals surface area contributed by atoms with E-state index in [4.69, 9.17) is 11.6 Å². The summed E-state index contributed by atoms with van der Waals surface area (Å²) >= 11 is 6.07. The van der Waals surface area contributed by atoms with Gasteiger partial charge in [-0.25, -0.2) is 4.98 Å². The number of pyridine rings is 2. The van der Waals surface area contributed by atoms with Crippen molar-refractivity contribution in [3.8, 4) is 0 Å². The molecule has 3 aromatic rings. The Morgan fingerprint density at radius 2 is 1.76 bits per heavy atom. The summed E-state index contributed by atoms with van der Waals surface area (Å²) in [7, 11) is 2.16. The minimum Gasteiger partial charge on any atom is -0.355 e. The number of likely N-dealkylation sites (N-methyl/N-ethyl adjacent to an activating group) is 1. The van der Waals surface area contributed by atoms with E-state index >= 15 is 0 Å². The number of hydrogen-bond acceptors (Lipinski definition) is 5. The first-order chi connectivity index (χ1) is 12.2. The van der Waals surface area contributed by atoms with E-state index in [0.717, 1.165) is 54.3 Å². The van der Waals surface area contributed by atoms with E-state index in [0.29, 0.717) is 5.02 Å². The first kappa shape index (κ1) is 16.1. The molecule has 3 heterocycles. The van der Waals surface area contributed by atoms with Gasteiger partial charge in [0.25, 0.3) is 0 Å². The zero-order valence-electron chi connectivity index (χ0n) is 14.1. The molecule has 1 aliphatic heterocycles. The van der Waals surface area contributed by atoms with E-state index < -0.39 is 0 Å². The molecule has 0 bridgehead atoms. The van der Waals surface area contributed by atoms with Crippen LogP contribution in [0.4, 0.5) is 17.2 Å². The number of anilines is 3. The van der Waals surface area contributed by atoms with Crippen molar-refractivity contribution in [2.45, 2.75) is 0 Å². The van der Waals surface area contributed by atoms with Crippen molar-refractivity contribution in [1.29, 1.82) is 0 Å². The summed E-state index contributed by atoms with van der Waals surface area (Å²) in [5.74, 6) is 1.01.